The highest BCUT2D eigenvalue weighted by molar-refractivity contribution is 6.42. The predicted molar refractivity (Wildman–Crippen MR) is 73.9 cm³/mol. The van der Waals surface area contributed by atoms with Crippen molar-refractivity contribution in [3.05, 3.63) is 23.8 Å². The lowest BCUT2D eigenvalue weighted by atomic mass is 9.90. The SMILES string of the molecule is COc1cc(C2C(C(C)=O)C(=O)C(=O)N2CC#N)ccc1O. The summed E-state index contributed by atoms with van der Waals surface area (Å²) in [5, 5.41) is 18.5. The maximum absolute atomic E-state index is 12.0. The van der Waals surface area contributed by atoms with Crippen molar-refractivity contribution < 1.29 is 24.2 Å². The van der Waals surface area contributed by atoms with E-state index in [0.29, 0.717) is 5.56 Å². The zero-order valence-electron chi connectivity index (χ0n) is 12.1. The predicted octanol–water partition coefficient (Wildman–Crippen LogP) is 0.582. The number of carbonyl (C=O) groups excluding carboxylic acids is 3. The van der Waals surface area contributed by atoms with E-state index in [0.717, 1.165) is 4.90 Å². The average molecular weight is 302 g/mol. The van der Waals surface area contributed by atoms with Crippen LogP contribution in [0.5, 0.6) is 11.5 Å². The smallest absolute Gasteiger partial charge is 0.292 e. The highest BCUT2D eigenvalue weighted by Gasteiger charge is 2.50. The number of nitriles is 1. The van der Waals surface area contributed by atoms with Gasteiger partial charge in [-0.25, -0.2) is 0 Å². The van der Waals surface area contributed by atoms with Crippen LogP contribution in [0.3, 0.4) is 0 Å². The fourth-order valence-corrected chi connectivity index (χ4v) is 2.63. The van der Waals surface area contributed by atoms with Crippen LogP contribution in [0.2, 0.25) is 0 Å². The van der Waals surface area contributed by atoms with Gasteiger partial charge in [0.25, 0.3) is 5.91 Å². The Morgan fingerprint density at radius 1 is 1.45 bits per heavy atom. The fraction of sp³-hybridized carbons (Fsp3) is 0.333. The highest BCUT2D eigenvalue weighted by Crippen LogP contribution is 2.39. The summed E-state index contributed by atoms with van der Waals surface area (Å²) in [7, 11) is 1.36. The molecule has 1 heterocycles. The molecule has 1 amide bonds. The van der Waals surface area contributed by atoms with Crippen molar-refractivity contribution in [2.24, 2.45) is 5.92 Å². The summed E-state index contributed by atoms with van der Waals surface area (Å²) in [6.07, 6.45) is 0. The number of rotatable bonds is 4. The Bertz CT molecular complexity index is 692. The Hall–Kier alpha value is -2.88. The van der Waals surface area contributed by atoms with Gasteiger partial charge in [0, 0.05) is 0 Å². The van der Waals surface area contributed by atoms with Crippen LogP contribution in [0.4, 0.5) is 0 Å². The van der Waals surface area contributed by atoms with Crippen LogP contribution in [-0.4, -0.2) is 41.1 Å². The number of amides is 1. The van der Waals surface area contributed by atoms with Gasteiger partial charge in [0.2, 0.25) is 5.78 Å². The van der Waals surface area contributed by atoms with Crippen molar-refractivity contribution >= 4 is 17.5 Å². The number of benzene rings is 1. The first-order valence-electron chi connectivity index (χ1n) is 6.51. The lowest BCUT2D eigenvalue weighted by Gasteiger charge is -2.24. The molecule has 1 aliphatic rings. The molecule has 0 spiro atoms. The first kappa shape index (κ1) is 15.5. The van der Waals surface area contributed by atoms with Crippen molar-refractivity contribution in [3.8, 4) is 17.6 Å². The van der Waals surface area contributed by atoms with E-state index in [-0.39, 0.29) is 18.0 Å². The third-order valence-electron chi connectivity index (χ3n) is 3.63. The molecule has 2 rings (SSSR count). The number of Topliss-reactive ketones (excluding diaryl/α,β-unsaturated/α-hetero) is 2. The van der Waals surface area contributed by atoms with Crippen LogP contribution in [0.25, 0.3) is 0 Å². The Balaban J connectivity index is 2.56. The normalized spacial score (nSPS) is 20.9. The van der Waals surface area contributed by atoms with Crippen LogP contribution < -0.4 is 4.74 Å². The van der Waals surface area contributed by atoms with Crippen LogP contribution in [0, 0.1) is 17.2 Å². The molecule has 22 heavy (non-hydrogen) atoms. The third kappa shape index (κ3) is 2.39. The quantitative estimate of drug-likeness (QED) is 0.495. The number of carbonyl (C=O) groups is 3. The van der Waals surface area contributed by atoms with E-state index >= 15 is 0 Å². The standard InChI is InChI=1S/C15H14N2O5/c1-8(18)12-13(17(6-5-16)15(21)14(12)20)9-3-4-10(19)11(7-9)22-2/h3-4,7,12-13,19H,6H2,1-2H3. The molecule has 2 unspecified atom stereocenters. The molecule has 1 saturated heterocycles. The van der Waals surface area contributed by atoms with Gasteiger partial charge in [0.15, 0.2) is 11.5 Å². The van der Waals surface area contributed by atoms with E-state index in [1.165, 1.54) is 32.2 Å². The number of aromatic hydroxyl groups is 1. The van der Waals surface area contributed by atoms with E-state index in [1.807, 2.05) is 6.07 Å². The fourth-order valence-electron chi connectivity index (χ4n) is 2.63. The van der Waals surface area contributed by atoms with Crippen molar-refractivity contribution in [1.82, 2.24) is 4.90 Å². The van der Waals surface area contributed by atoms with Crippen molar-refractivity contribution in [2.45, 2.75) is 13.0 Å². The molecule has 0 aromatic heterocycles. The molecule has 114 valence electrons. The number of ether oxygens (including phenoxy) is 1. The van der Waals surface area contributed by atoms with E-state index in [4.69, 9.17) is 10.00 Å². The lowest BCUT2D eigenvalue weighted by Crippen LogP contribution is -2.30. The van der Waals surface area contributed by atoms with Gasteiger partial charge in [0.1, 0.15) is 18.2 Å². The van der Waals surface area contributed by atoms with Gasteiger partial charge in [-0.2, -0.15) is 5.26 Å². The maximum Gasteiger partial charge on any atom is 0.292 e. The molecule has 1 aromatic rings. The van der Waals surface area contributed by atoms with Crippen LogP contribution in [0.1, 0.15) is 18.5 Å². The molecule has 0 radical (unpaired) electrons. The Kier molecular flexibility index (Phi) is 4.13. The van der Waals surface area contributed by atoms with Gasteiger partial charge in [-0.1, -0.05) is 6.07 Å². The van der Waals surface area contributed by atoms with Crippen LogP contribution in [-0.2, 0) is 14.4 Å². The Morgan fingerprint density at radius 2 is 2.14 bits per heavy atom. The number of ketones is 2. The molecule has 0 bridgehead atoms. The maximum atomic E-state index is 12.0. The second kappa shape index (κ2) is 5.85. The van der Waals surface area contributed by atoms with Crippen molar-refractivity contribution in [1.29, 1.82) is 5.26 Å². The number of likely N-dealkylation sites (tertiary alicyclic amines) is 1. The molecule has 1 N–H and O–H groups in total. The highest BCUT2D eigenvalue weighted by atomic mass is 16.5. The molecule has 2 atom stereocenters. The minimum Gasteiger partial charge on any atom is -0.504 e. The number of hydrogen-bond acceptors (Lipinski definition) is 6. The topological polar surface area (TPSA) is 108 Å². The Labute approximate surface area is 126 Å². The molecule has 0 aliphatic carbocycles. The minimum absolute atomic E-state index is 0.104. The number of nitrogens with zero attached hydrogens (tertiary/aromatic N) is 2. The first-order chi connectivity index (χ1) is 10.4. The number of hydrogen-bond donors (Lipinski definition) is 1. The number of phenols is 1. The monoisotopic (exact) mass is 302 g/mol. The second-order valence-electron chi connectivity index (χ2n) is 4.92. The lowest BCUT2D eigenvalue weighted by molar-refractivity contribution is -0.141. The van der Waals surface area contributed by atoms with Gasteiger partial charge in [-0.05, 0) is 24.6 Å². The summed E-state index contributed by atoms with van der Waals surface area (Å²) < 4.78 is 5.00. The molecule has 1 fully saturated rings. The molecular formula is C15H14N2O5. The Morgan fingerprint density at radius 3 is 2.68 bits per heavy atom. The third-order valence-corrected chi connectivity index (χ3v) is 3.63. The summed E-state index contributed by atoms with van der Waals surface area (Å²) in [5.74, 6) is -3.22. The molecule has 0 saturated carbocycles. The minimum atomic E-state index is -1.16. The summed E-state index contributed by atoms with van der Waals surface area (Å²) in [6, 6.07) is 5.25. The summed E-state index contributed by atoms with van der Waals surface area (Å²) in [5.41, 5.74) is 0.448. The van der Waals surface area contributed by atoms with Crippen molar-refractivity contribution in [2.75, 3.05) is 13.7 Å². The summed E-state index contributed by atoms with van der Waals surface area (Å²) in [4.78, 5) is 36.9. The van der Waals surface area contributed by atoms with Crippen LogP contribution in [0.15, 0.2) is 18.2 Å². The van der Waals surface area contributed by atoms with E-state index in [2.05, 4.69) is 0 Å². The van der Waals surface area contributed by atoms with Crippen LogP contribution >= 0.6 is 0 Å². The van der Waals surface area contributed by atoms with Gasteiger partial charge in [-0.15, -0.1) is 0 Å². The largest absolute Gasteiger partial charge is 0.504 e. The first-order valence-corrected chi connectivity index (χ1v) is 6.51. The molecule has 1 aromatic carbocycles. The number of phenolic OH excluding ortho intramolecular Hbond substituents is 1. The molecule has 7 heteroatoms. The van der Waals surface area contributed by atoms with E-state index in [9.17, 15) is 19.5 Å². The summed E-state index contributed by atoms with van der Waals surface area (Å²) >= 11 is 0. The van der Waals surface area contributed by atoms with Gasteiger partial charge in [0.05, 0.1) is 19.2 Å². The molecule has 1 aliphatic heterocycles. The van der Waals surface area contributed by atoms with Crippen molar-refractivity contribution in [3.63, 3.8) is 0 Å². The van der Waals surface area contributed by atoms with Gasteiger partial charge < -0.3 is 14.7 Å². The van der Waals surface area contributed by atoms with Gasteiger partial charge in [-0.3, -0.25) is 14.4 Å². The zero-order valence-corrected chi connectivity index (χ0v) is 12.1. The number of methoxy groups -OCH3 is 1. The van der Waals surface area contributed by atoms with E-state index in [1.54, 1.807) is 0 Å². The summed E-state index contributed by atoms with van der Waals surface area (Å²) in [6.45, 7) is 0.929. The zero-order chi connectivity index (χ0) is 16.4. The second-order valence-corrected chi connectivity index (χ2v) is 4.92. The molecular weight excluding hydrogens is 288 g/mol. The van der Waals surface area contributed by atoms with Gasteiger partial charge >= 0.3 is 0 Å². The molecule has 7 nitrogen and oxygen atoms in total. The van der Waals surface area contributed by atoms with E-state index < -0.39 is 29.4 Å². The average Bonchev–Trinajstić information content (AvgIpc) is 2.73.